The molecule has 2 aromatic rings. The summed E-state index contributed by atoms with van der Waals surface area (Å²) >= 11 is 0. The lowest BCUT2D eigenvalue weighted by Crippen LogP contribution is -2.08. The maximum Gasteiger partial charge on any atom is 0.335 e. The standard InChI is InChI=1S/C13H15N3O3/c1-2-7-16-12(14-9-15-16)8-19-11-5-3-10(4-6-11)13(17)18/h3-6,9H,2,7-8H2,1H3,(H,17,18). The third kappa shape index (κ3) is 3.31. The molecule has 0 atom stereocenters. The van der Waals surface area contributed by atoms with Gasteiger partial charge in [-0.15, -0.1) is 0 Å². The molecule has 0 aliphatic rings. The van der Waals surface area contributed by atoms with Gasteiger partial charge in [0.1, 0.15) is 18.7 Å². The molecule has 6 nitrogen and oxygen atoms in total. The number of carboxylic acid groups (broad SMARTS) is 1. The SMILES string of the molecule is CCCn1ncnc1COc1ccc(C(=O)O)cc1. The van der Waals surface area contributed by atoms with E-state index in [2.05, 4.69) is 17.0 Å². The van der Waals surface area contributed by atoms with E-state index in [-0.39, 0.29) is 5.56 Å². The van der Waals surface area contributed by atoms with E-state index >= 15 is 0 Å². The van der Waals surface area contributed by atoms with Gasteiger partial charge in [-0.25, -0.2) is 14.5 Å². The van der Waals surface area contributed by atoms with Crippen molar-refractivity contribution in [1.82, 2.24) is 14.8 Å². The van der Waals surface area contributed by atoms with Gasteiger partial charge in [-0.05, 0) is 30.7 Å². The summed E-state index contributed by atoms with van der Waals surface area (Å²) in [6, 6.07) is 6.27. The lowest BCUT2D eigenvalue weighted by atomic mass is 10.2. The third-order valence-electron chi connectivity index (χ3n) is 2.60. The Morgan fingerprint density at radius 3 is 2.74 bits per heavy atom. The second-order valence-electron chi connectivity index (χ2n) is 4.02. The fraction of sp³-hybridized carbons (Fsp3) is 0.308. The number of aromatic carboxylic acids is 1. The van der Waals surface area contributed by atoms with Crippen molar-refractivity contribution in [2.24, 2.45) is 0 Å². The van der Waals surface area contributed by atoms with E-state index in [0.29, 0.717) is 12.4 Å². The number of benzene rings is 1. The van der Waals surface area contributed by atoms with E-state index in [1.807, 2.05) is 0 Å². The van der Waals surface area contributed by atoms with Gasteiger partial charge in [-0.2, -0.15) is 5.10 Å². The lowest BCUT2D eigenvalue weighted by molar-refractivity contribution is 0.0697. The van der Waals surface area contributed by atoms with Crippen molar-refractivity contribution in [3.8, 4) is 5.75 Å². The maximum atomic E-state index is 10.7. The molecule has 1 N–H and O–H groups in total. The molecule has 0 aliphatic carbocycles. The van der Waals surface area contributed by atoms with Crippen LogP contribution in [0.25, 0.3) is 0 Å². The molecule has 1 aromatic carbocycles. The van der Waals surface area contributed by atoms with Crippen LogP contribution >= 0.6 is 0 Å². The van der Waals surface area contributed by atoms with Crippen LogP contribution in [0.5, 0.6) is 5.75 Å². The molecule has 100 valence electrons. The Morgan fingerprint density at radius 1 is 1.37 bits per heavy atom. The molecular formula is C13H15N3O3. The van der Waals surface area contributed by atoms with Gasteiger partial charge in [-0.3, -0.25) is 0 Å². The fourth-order valence-corrected chi connectivity index (χ4v) is 1.64. The molecule has 0 aliphatic heterocycles. The van der Waals surface area contributed by atoms with E-state index < -0.39 is 5.97 Å². The molecule has 19 heavy (non-hydrogen) atoms. The molecule has 0 amide bonds. The van der Waals surface area contributed by atoms with Gasteiger partial charge in [-0.1, -0.05) is 6.92 Å². The highest BCUT2D eigenvalue weighted by Gasteiger charge is 2.06. The van der Waals surface area contributed by atoms with Crippen LogP contribution in [0.1, 0.15) is 29.5 Å². The average Bonchev–Trinajstić information content (AvgIpc) is 2.85. The molecule has 0 fully saturated rings. The van der Waals surface area contributed by atoms with Gasteiger partial charge in [0, 0.05) is 6.54 Å². The lowest BCUT2D eigenvalue weighted by Gasteiger charge is -2.07. The zero-order valence-corrected chi connectivity index (χ0v) is 10.6. The van der Waals surface area contributed by atoms with Crippen LogP contribution in [0.15, 0.2) is 30.6 Å². The van der Waals surface area contributed by atoms with Crippen molar-refractivity contribution in [2.45, 2.75) is 26.5 Å². The Morgan fingerprint density at radius 2 is 2.11 bits per heavy atom. The Balaban J connectivity index is 1.98. The average molecular weight is 261 g/mol. The fourth-order valence-electron chi connectivity index (χ4n) is 1.64. The van der Waals surface area contributed by atoms with Gasteiger partial charge in [0.2, 0.25) is 0 Å². The highest BCUT2D eigenvalue weighted by molar-refractivity contribution is 5.87. The molecule has 2 rings (SSSR count). The van der Waals surface area contributed by atoms with Crippen LogP contribution in [0.2, 0.25) is 0 Å². The van der Waals surface area contributed by atoms with Crippen molar-refractivity contribution in [1.29, 1.82) is 0 Å². The van der Waals surface area contributed by atoms with Crippen LogP contribution in [-0.4, -0.2) is 25.8 Å². The first-order valence-electron chi connectivity index (χ1n) is 6.03. The number of rotatable bonds is 6. The minimum absolute atomic E-state index is 0.237. The Hall–Kier alpha value is -2.37. The maximum absolute atomic E-state index is 10.7. The number of aromatic nitrogens is 3. The quantitative estimate of drug-likeness (QED) is 0.860. The van der Waals surface area contributed by atoms with Gasteiger partial charge in [0.15, 0.2) is 5.82 Å². The normalized spacial score (nSPS) is 10.4. The molecule has 0 saturated carbocycles. The highest BCUT2D eigenvalue weighted by atomic mass is 16.5. The van der Waals surface area contributed by atoms with Gasteiger partial charge in [0.05, 0.1) is 5.56 Å². The molecule has 0 spiro atoms. The highest BCUT2D eigenvalue weighted by Crippen LogP contribution is 2.13. The number of ether oxygens (including phenoxy) is 1. The summed E-state index contributed by atoms with van der Waals surface area (Å²) in [7, 11) is 0. The van der Waals surface area contributed by atoms with E-state index in [1.165, 1.54) is 18.5 Å². The monoisotopic (exact) mass is 261 g/mol. The van der Waals surface area contributed by atoms with E-state index in [4.69, 9.17) is 9.84 Å². The van der Waals surface area contributed by atoms with E-state index in [9.17, 15) is 4.79 Å². The molecular weight excluding hydrogens is 246 g/mol. The second kappa shape index (κ2) is 5.99. The van der Waals surface area contributed by atoms with Gasteiger partial charge >= 0.3 is 5.97 Å². The summed E-state index contributed by atoms with van der Waals surface area (Å²) < 4.78 is 7.35. The number of carbonyl (C=O) groups is 1. The summed E-state index contributed by atoms with van der Waals surface area (Å²) in [5.74, 6) is 0.412. The second-order valence-corrected chi connectivity index (χ2v) is 4.02. The predicted octanol–water partition coefficient (Wildman–Crippen LogP) is 1.97. The summed E-state index contributed by atoms with van der Waals surface area (Å²) in [6.45, 7) is 3.18. The first kappa shape index (κ1) is 13.1. The number of hydrogen-bond donors (Lipinski definition) is 1. The Kier molecular flexibility index (Phi) is 4.12. The van der Waals surface area contributed by atoms with Crippen molar-refractivity contribution >= 4 is 5.97 Å². The summed E-state index contributed by atoms with van der Waals surface area (Å²) in [5.41, 5.74) is 0.237. The molecule has 0 radical (unpaired) electrons. The van der Waals surface area contributed by atoms with Crippen molar-refractivity contribution in [3.63, 3.8) is 0 Å². The minimum Gasteiger partial charge on any atom is -0.486 e. The predicted molar refractivity (Wildman–Crippen MR) is 68.0 cm³/mol. The van der Waals surface area contributed by atoms with Crippen molar-refractivity contribution < 1.29 is 14.6 Å². The van der Waals surface area contributed by atoms with Crippen molar-refractivity contribution in [3.05, 3.63) is 42.0 Å². The molecule has 0 saturated heterocycles. The summed E-state index contributed by atoms with van der Waals surface area (Å²) in [6.07, 6.45) is 2.48. The first-order valence-corrected chi connectivity index (χ1v) is 6.03. The van der Waals surface area contributed by atoms with Gasteiger partial charge < -0.3 is 9.84 Å². The molecule has 1 heterocycles. The van der Waals surface area contributed by atoms with Crippen LogP contribution in [-0.2, 0) is 13.2 Å². The number of aryl methyl sites for hydroxylation is 1. The smallest absolute Gasteiger partial charge is 0.335 e. The molecule has 1 aromatic heterocycles. The largest absolute Gasteiger partial charge is 0.486 e. The summed E-state index contributed by atoms with van der Waals surface area (Å²) in [5, 5.41) is 12.9. The van der Waals surface area contributed by atoms with Crippen LogP contribution in [0.4, 0.5) is 0 Å². The topological polar surface area (TPSA) is 77.2 Å². The number of hydrogen-bond acceptors (Lipinski definition) is 4. The third-order valence-corrected chi connectivity index (χ3v) is 2.60. The number of carboxylic acids is 1. The van der Waals surface area contributed by atoms with Crippen LogP contribution < -0.4 is 4.74 Å². The molecule has 6 heteroatoms. The first-order chi connectivity index (χ1) is 9.20. The Bertz CT molecular complexity index is 549. The Labute approximate surface area is 110 Å². The van der Waals surface area contributed by atoms with Crippen LogP contribution in [0, 0.1) is 0 Å². The molecule has 0 unspecified atom stereocenters. The number of nitrogens with zero attached hydrogens (tertiary/aromatic N) is 3. The van der Waals surface area contributed by atoms with Crippen molar-refractivity contribution in [2.75, 3.05) is 0 Å². The zero-order valence-electron chi connectivity index (χ0n) is 10.6. The summed E-state index contributed by atoms with van der Waals surface area (Å²) in [4.78, 5) is 14.8. The van der Waals surface area contributed by atoms with Gasteiger partial charge in [0.25, 0.3) is 0 Å². The van der Waals surface area contributed by atoms with Crippen LogP contribution in [0.3, 0.4) is 0 Å². The van der Waals surface area contributed by atoms with E-state index in [1.54, 1.807) is 16.8 Å². The minimum atomic E-state index is -0.950. The van der Waals surface area contributed by atoms with E-state index in [0.717, 1.165) is 18.8 Å². The molecule has 0 bridgehead atoms. The zero-order chi connectivity index (χ0) is 13.7.